The molecule has 0 bridgehead atoms. The van der Waals surface area contributed by atoms with Crippen molar-refractivity contribution in [2.75, 3.05) is 0 Å². The molecule has 0 fully saturated rings. The standard InChI is InChI=1S/C22H26O3/c1-17-9-8-14-20(23)22(25-16-19-12-6-3-7-13-19)21(17)24-15-18-10-4-2-5-11-18/h2-13,17,20-23H,14-16H2,1H3/t17-,20-,21-,22-/m0/s1. The Labute approximate surface area is 149 Å². The van der Waals surface area contributed by atoms with Gasteiger partial charge in [0.05, 0.1) is 25.4 Å². The highest BCUT2D eigenvalue weighted by Crippen LogP contribution is 2.26. The molecule has 3 rings (SSSR count). The molecule has 1 N–H and O–H groups in total. The minimum atomic E-state index is -0.564. The maximum absolute atomic E-state index is 10.6. The fraction of sp³-hybridized carbons (Fsp3) is 0.364. The molecule has 132 valence electrons. The monoisotopic (exact) mass is 338 g/mol. The van der Waals surface area contributed by atoms with Crippen molar-refractivity contribution < 1.29 is 14.6 Å². The third-order valence-corrected chi connectivity index (χ3v) is 4.61. The van der Waals surface area contributed by atoms with Gasteiger partial charge < -0.3 is 14.6 Å². The maximum atomic E-state index is 10.6. The van der Waals surface area contributed by atoms with Crippen LogP contribution in [-0.4, -0.2) is 23.4 Å². The second-order valence-electron chi connectivity index (χ2n) is 6.61. The van der Waals surface area contributed by atoms with Crippen LogP contribution in [0, 0.1) is 5.92 Å². The lowest BCUT2D eigenvalue weighted by molar-refractivity contribution is -0.139. The van der Waals surface area contributed by atoms with Crippen LogP contribution in [0.5, 0.6) is 0 Å². The van der Waals surface area contributed by atoms with Gasteiger partial charge in [0.1, 0.15) is 6.10 Å². The summed E-state index contributed by atoms with van der Waals surface area (Å²) < 4.78 is 12.3. The molecule has 4 atom stereocenters. The largest absolute Gasteiger partial charge is 0.390 e. The van der Waals surface area contributed by atoms with Gasteiger partial charge in [0.25, 0.3) is 0 Å². The second-order valence-corrected chi connectivity index (χ2v) is 6.61. The van der Waals surface area contributed by atoms with Gasteiger partial charge in [-0.05, 0) is 17.5 Å². The van der Waals surface area contributed by atoms with Crippen molar-refractivity contribution >= 4 is 0 Å². The summed E-state index contributed by atoms with van der Waals surface area (Å²) >= 11 is 0. The summed E-state index contributed by atoms with van der Waals surface area (Å²) in [5, 5.41) is 10.6. The van der Waals surface area contributed by atoms with Crippen molar-refractivity contribution in [3.63, 3.8) is 0 Å². The number of aliphatic hydroxyl groups is 1. The highest BCUT2D eigenvalue weighted by atomic mass is 16.5. The second kappa shape index (κ2) is 8.95. The Morgan fingerprint density at radius 2 is 1.36 bits per heavy atom. The van der Waals surface area contributed by atoms with E-state index < -0.39 is 6.10 Å². The highest BCUT2D eigenvalue weighted by Gasteiger charge is 2.34. The lowest BCUT2D eigenvalue weighted by atomic mass is 9.98. The van der Waals surface area contributed by atoms with Crippen LogP contribution in [-0.2, 0) is 22.7 Å². The van der Waals surface area contributed by atoms with E-state index in [1.807, 2.05) is 66.7 Å². The van der Waals surface area contributed by atoms with Crippen LogP contribution in [0.1, 0.15) is 24.5 Å². The highest BCUT2D eigenvalue weighted by molar-refractivity contribution is 5.15. The molecule has 3 heteroatoms. The van der Waals surface area contributed by atoms with Crippen LogP contribution in [0.25, 0.3) is 0 Å². The van der Waals surface area contributed by atoms with E-state index in [0.717, 1.165) is 11.1 Å². The zero-order valence-electron chi connectivity index (χ0n) is 14.6. The summed E-state index contributed by atoms with van der Waals surface area (Å²) in [4.78, 5) is 0. The van der Waals surface area contributed by atoms with Gasteiger partial charge in [-0.1, -0.05) is 79.7 Å². The first-order valence-corrected chi connectivity index (χ1v) is 8.90. The van der Waals surface area contributed by atoms with Gasteiger partial charge in [-0.2, -0.15) is 0 Å². The van der Waals surface area contributed by atoms with E-state index in [1.165, 1.54) is 0 Å². The SMILES string of the molecule is C[C@H]1C=CC[C@H](O)[C@H](OCc2ccccc2)[C@H]1OCc1ccccc1. The van der Waals surface area contributed by atoms with E-state index in [0.29, 0.717) is 19.6 Å². The molecule has 0 aromatic heterocycles. The average molecular weight is 338 g/mol. The molecule has 0 saturated carbocycles. The fourth-order valence-electron chi connectivity index (χ4n) is 3.18. The smallest absolute Gasteiger partial charge is 0.111 e. The van der Waals surface area contributed by atoms with Gasteiger partial charge >= 0.3 is 0 Å². The van der Waals surface area contributed by atoms with E-state index in [2.05, 4.69) is 13.0 Å². The van der Waals surface area contributed by atoms with E-state index in [4.69, 9.17) is 9.47 Å². The van der Waals surface area contributed by atoms with Crippen LogP contribution in [0.2, 0.25) is 0 Å². The molecule has 0 heterocycles. The summed E-state index contributed by atoms with van der Waals surface area (Å²) in [5.41, 5.74) is 2.22. The molecule has 1 aliphatic rings. The van der Waals surface area contributed by atoms with Gasteiger partial charge in [-0.15, -0.1) is 0 Å². The number of aliphatic hydroxyl groups excluding tert-OH is 1. The lowest BCUT2D eigenvalue weighted by Crippen LogP contribution is -2.43. The average Bonchev–Trinajstić information content (AvgIpc) is 2.78. The first-order valence-electron chi connectivity index (χ1n) is 8.90. The lowest BCUT2D eigenvalue weighted by Gasteiger charge is -2.32. The molecular formula is C22H26O3. The van der Waals surface area contributed by atoms with Crippen molar-refractivity contribution in [2.45, 2.75) is 44.9 Å². The topological polar surface area (TPSA) is 38.7 Å². The molecule has 0 spiro atoms. The van der Waals surface area contributed by atoms with Gasteiger partial charge in [-0.25, -0.2) is 0 Å². The number of hydrogen-bond donors (Lipinski definition) is 1. The van der Waals surface area contributed by atoms with Gasteiger partial charge in [0.2, 0.25) is 0 Å². The molecule has 2 aromatic rings. The summed E-state index contributed by atoms with van der Waals surface area (Å²) in [6, 6.07) is 20.2. The fourth-order valence-corrected chi connectivity index (χ4v) is 3.18. The van der Waals surface area contributed by atoms with E-state index in [9.17, 15) is 5.11 Å². The van der Waals surface area contributed by atoms with E-state index >= 15 is 0 Å². The van der Waals surface area contributed by atoms with Crippen molar-refractivity contribution in [3.8, 4) is 0 Å². The predicted molar refractivity (Wildman–Crippen MR) is 99.0 cm³/mol. The summed E-state index contributed by atoms with van der Waals surface area (Å²) in [5.74, 6) is 0.182. The third-order valence-electron chi connectivity index (χ3n) is 4.61. The van der Waals surface area contributed by atoms with Crippen LogP contribution in [0.4, 0.5) is 0 Å². The molecule has 2 aromatic carbocycles. The van der Waals surface area contributed by atoms with Crippen molar-refractivity contribution in [2.24, 2.45) is 5.92 Å². The Morgan fingerprint density at radius 1 is 0.840 bits per heavy atom. The van der Waals surface area contributed by atoms with Gasteiger partial charge in [0.15, 0.2) is 0 Å². The van der Waals surface area contributed by atoms with Crippen LogP contribution in [0.15, 0.2) is 72.8 Å². The Kier molecular flexibility index (Phi) is 6.40. The molecular weight excluding hydrogens is 312 g/mol. The Bertz CT molecular complexity index is 653. The normalized spacial score (nSPS) is 26.3. The molecule has 0 saturated heterocycles. The van der Waals surface area contributed by atoms with Crippen molar-refractivity contribution in [1.82, 2.24) is 0 Å². The first kappa shape index (κ1) is 17.9. The van der Waals surface area contributed by atoms with Crippen LogP contribution < -0.4 is 0 Å². The molecule has 0 aliphatic heterocycles. The number of hydrogen-bond acceptors (Lipinski definition) is 3. The minimum Gasteiger partial charge on any atom is -0.390 e. The van der Waals surface area contributed by atoms with E-state index in [-0.39, 0.29) is 18.1 Å². The number of benzene rings is 2. The molecule has 0 amide bonds. The van der Waals surface area contributed by atoms with Gasteiger partial charge in [0, 0.05) is 5.92 Å². The first-order chi connectivity index (χ1) is 12.2. The van der Waals surface area contributed by atoms with Crippen LogP contribution in [0.3, 0.4) is 0 Å². The molecule has 25 heavy (non-hydrogen) atoms. The zero-order chi connectivity index (χ0) is 17.5. The minimum absolute atomic E-state index is 0.182. The van der Waals surface area contributed by atoms with Gasteiger partial charge in [-0.3, -0.25) is 0 Å². The molecule has 3 nitrogen and oxygen atoms in total. The maximum Gasteiger partial charge on any atom is 0.111 e. The van der Waals surface area contributed by atoms with Crippen molar-refractivity contribution in [3.05, 3.63) is 83.9 Å². The number of rotatable bonds is 6. The predicted octanol–water partition coefficient (Wildman–Crippen LogP) is 4.11. The summed E-state index contributed by atoms with van der Waals surface area (Å²) in [6.45, 7) is 3.10. The summed E-state index contributed by atoms with van der Waals surface area (Å²) in [6.07, 6.45) is 3.64. The molecule has 0 radical (unpaired) electrons. The Morgan fingerprint density at radius 3 is 1.92 bits per heavy atom. The zero-order valence-corrected chi connectivity index (χ0v) is 14.6. The quantitative estimate of drug-likeness (QED) is 0.806. The van der Waals surface area contributed by atoms with E-state index in [1.54, 1.807) is 0 Å². The Hall–Kier alpha value is -1.94. The number of ether oxygens (including phenoxy) is 2. The summed E-state index contributed by atoms with van der Waals surface area (Å²) in [7, 11) is 0. The Balaban J connectivity index is 1.68. The molecule has 0 unspecified atom stereocenters. The molecule has 1 aliphatic carbocycles. The van der Waals surface area contributed by atoms with Crippen LogP contribution >= 0.6 is 0 Å². The van der Waals surface area contributed by atoms with Crippen molar-refractivity contribution in [1.29, 1.82) is 0 Å². The third kappa shape index (κ3) is 5.02.